The van der Waals surface area contributed by atoms with Gasteiger partial charge in [0.15, 0.2) is 18.9 Å². The van der Waals surface area contributed by atoms with Gasteiger partial charge in [-0.1, -0.05) is 290 Å². The van der Waals surface area contributed by atoms with E-state index in [4.69, 9.17) is 28.4 Å². The Labute approximate surface area is 615 Å². The van der Waals surface area contributed by atoms with Crippen LogP contribution in [0.15, 0.2) is 109 Å². The van der Waals surface area contributed by atoms with Crippen molar-refractivity contribution in [3.05, 3.63) is 109 Å². The van der Waals surface area contributed by atoms with Crippen LogP contribution in [0.4, 0.5) is 0 Å². The number of carbonyl (C=O) groups excluding carboxylic acids is 1. The first-order valence-electron chi connectivity index (χ1n) is 40.1. The summed E-state index contributed by atoms with van der Waals surface area (Å²) in [6.07, 6.45) is 59.4. The van der Waals surface area contributed by atoms with E-state index in [2.05, 4.69) is 116 Å². The molecule has 0 spiro atoms. The number of hydrogen-bond acceptors (Lipinski definition) is 18. The Morgan fingerprint density at radius 2 is 0.686 bits per heavy atom. The molecular weight excluding hydrogens is 1300 g/mol. The molecule has 19 nitrogen and oxygen atoms in total. The fourth-order valence-electron chi connectivity index (χ4n) is 12.9. The quantitative estimate of drug-likeness (QED) is 0.0199. The molecule has 0 aromatic carbocycles. The van der Waals surface area contributed by atoms with E-state index in [1.165, 1.54) is 161 Å². The summed E-state index contributed by atoms with van der Waals surface area (Å²) in [7, 11) is 0. The van der Waals surface area contributed by atoms with E-state index in [1.54, 1.807) is 6.08 Å². The zero-order chi connectivity index (χ0) is 73.9. The Hall–Kier alpha value is -3.55. The van der Waals surface area contributed by atoms with Crippen LogP contribution in [0.25, 0.3) is 0 Å². The number of hydrogen-bond donors (Lipinski definition) is 12. The van der Waals surface area contributed by atoms with Gasteiger partial charge in [0.25, 0.3) is 0 Å². The van der Waals surface area contributed by atoms with Crippen LogP contribution in [-0.4, -0.2) is 193 Å². The lowest BCUT2D eigenvalue weighted by molar-refractivity contribution is -0.379. The summed E-state index contributed by atoms with van der Waals surface area (Å²) >= 11 is 0. The van der Waals surface area contributed by atoms with Gasteiger partial charge in [0.05, 0.1) is 38.6 Å². The zero-order valence-corrected chi connectivity index (χ0v) is 62.8. The van der Waals surface area contributed by atoms with Gasteiger partial charge in [-0.05, 0) is 89.9 Å². The standard InChI is InChI=1S/C83H143NO18/c1-3-5-7-9-11-13-15-17-19-21-23-25-27-29-30-31-32-33-34-35-37-38-40-42-44-46-48-50-52-54-56-58-60-67(88)66(84-71(89)61-59-57-55-53-51-49-47-45-43-41-39-36-28-26-24-22-20-18-16-14-12-10-8-6-4-2)65-97-81-77(95)74(92)79(69(63-86)99-81)102-83-78(96)75(93)80(70(64-87)100-83)101-82-76(94)73(91)72(90)68(62-85)98-82/h6,8,12,14,18,20,24,26,36,39,43,45,49-52,58,60,66-70,72-83,85-88,90-96H,3-5,7,9-11,13,15-17,19,21-23,25,27-35,37-38,40-42,44,46-48,53-57,59,61-65H2,1-2H3,(H,84,89)/b8-6-,14-12-,20-18-,26-24-,39-36-,45-43-,51-49-,52-50+,60-58+. The van der Waals surface area contributed by atoms with Gasteiger partial charge in [-0.2, -0.15) is 0 Å². The first-order chi connectivity index (χ1) is 49.8. The van der Waals surface area contributed by atoms with Gasteiger partial charge in [0.1, 0.15) is 73.2 Å². The molecule has 3 fully saturated rings. The van der Waals surface area contributed by atoms with Gasteiger partial charge in [-0.3, -0.25) is 4.79 Å². The third-order valence-electron chi connectivity index (χ3n) is 19.3. The van der Waals surface area contributed by atoms with Crippen LogP contribution in [0.1, 0.15) is 277 Å². The lowest BCUT2D eigenvalue weighted by atomic mass is 9.96. The molecule has 0 radical (unpaired) electrons. The number of nitrogens with one attached hydrogen (secondary N) is 1. The van der Waals surface area contributed by atoms with Crippen molar-refractivity contribution in [1.82, 2.24) is 5.32 Å². The molecule has 102 heavy (non-hydrogen) atoms. The van der Waals surface area contributed by atoms with Crippen molar-refractivity contribution in [3.8, 4) is 0 Å². The molecule has 3 saturated heterocycles. The van der Waals surface area contributed by atoms with Crippen molar-refractivity contribution >= 4 is 5.91 Å². The predicted molar refractivity (Wildman–Crippen MR) is 406 cm³/mol. The Morgan fingerprint density at radius 1 is 0.363 bits per heavy atom. The van der Waals surface area contributed by atoms with Gasteiger partial charge in [0.2, 0.25) is 5.91 Å². The zero-order valence-electron chi connectivity index (χ0n) is 62.8. The normalized spacial score (nSPS) is 26.8. The van der Waals surface area contributed by atoms with E-state index in [9.17, 15) is 61.0 Å². The summed E-state index contributed by atoms with van der Waals surface area (Å²) in [5.41, 5.74) is 0. The third-order valence-corrected chi connectivity index (χ3v) is 19.3. The molecule has 1 amide bonds. The predicted octanol–water partition coefficient (Wildman–Crippen LogP) is 13.3. The van der Waals surface area contributed by atoms with Crippen molar-refractivity contribution < 1.29 is 89.4 Å². The number of amides is 1. The van der Waals surface area contributed by atoms with Crippen LogP contribution in [0.5, 0.6) is 0 Å². The van der Waals surface area contributed by atoms with Crippen molar-refractivity contribution in [2.24, 2.45) is 0 Å². The minimum absolute atomic E-state index is 0.189. The number of ether oxygens (including phenoxy) is 6. The van der Waals surface area contributed by atoms with Crippen LogP contribution in [0.3, 0.4) is 0 Å². The largest absolute Gasteiger partial charge is 0.394 e. The SMILES string of the molecule is CC/C=C\C/C=C\C/C=C\C/C=C\C/C=C\C/C=C\C/C=C\CCCCCC(=O)NC(COC1OC(CO)C(OC2OC(CO)C(OC3OC(CO)C(O)C(O)C3O)C(O)C2O)C(O)C1O)C(O)/C=C/CC/C=C/CCCCCCCCCCCCCCCCCCCCCCCCCCCC. The molecule has 12 N–H and O–H groups in total. The molecule has 3 heterocycles. The second-order valence-electron chi connectivity index (χ2n) is 28.1. The number of allylic oxidation sites excluding steroid dienone is 17. The summed E-state index contributed by atoms with van der Waals surface area (Å²) in [6.45, 7) is 1.59. The molecule has 0 aromatic heterocycles. The lowest BCUT2D eigenvalue weighted by Crippen LogP contribution is -2.66. The van der Waals surface area contributed by atoms with E-state index in [1.807, 2.05) is 6.08 Å². The Morgan fingerprint density at radius 3 is 1.10 bits per heavy atom. The monoisotopic (exact) mass is 1440 g/mol. The Balaban J connectivity index is 1.40. The average molecular weight is 1440 g/mol. The highest BCUT2D eigenvalue weighted by Crippen LogP contribution is 2.33. The maximum Gasteiger partial charge on any atom is 0.220 e. The van der Waals surface area contributed by atoms with E-state index < -0.39 is 124 Å². The molecule has 0 aliphatic carbocycles. The first-order valence-corrected chi connectivity index (χ1v) is 40.1. The van der Waals surface area contributed by atoms with Crippen molar-refractivity contribution in [2.45, 2.75) is 381 Å². The average Bonchev–Trinajstić information content (AvgIpc) is 0.781. The topological polar surface area (TPSA) is 307 Å². The van der Waals surface area contributed by atoms with Gasteiger partial charge >= 0.3 is 0 Å². The minimum Gasteiger partial charge on any atom is -0.394 e. The molecule has 0 saturated carbocycles. The highest BCUT2D eigenvalue weighted by atomic mass is 16.8. The molecule has 17 atom stereocenters. The second kappa shape index (κ2) is 62.5. The number of rotatable bonds is 62. The third kappa shape index (κ3) is 42.1. The molecule has 3 aliphatic heterocycles. The summed E-state index contributed by atoms with van der Waals surface area (Å²) in [5.74, 6) is -0.319. The summed E-state index contributed by atoms with van der Waals surface area (Å²) < 4.78 is 34.4. The first kappa shape index (κ1) is 92.7. The van der Waals surface area contributed by atoms with Crippen LogP contribution < -0.4 is 5.32 Å². The molecule has 17 unspecified atom stereocenters. The van der Waals surface area contributed by atoms with E-state index in [0.29, 0.717) is 12.8 Å². The highest BCUT2D eigenvalue weighted by molar-refractivity contribution is 5.76. The van der Waals surface area contributed by atoms with Crippen LogP contribution in [0, 0.1) is 0 Å². The van der Waals surface area contributed by atoms with Crippen LogP contribution >= 0.6 is 0 Å². The number of unbranched alkanes of at least 4 members (excludes halogenated alkanes) is 30. The highest BCUT2D eigenvalue weighted by Gasteiger charge is 2.54. The smallest absolute Gasteiger partial charge is 0.220 e. The molecule has 3 rings (SSSR count). The van der Waals surface area contributed by atoms with Crippen molar-refractivity contribution in [2.75, 3.05) is 26.4 Å². The Bertz CT molecular complexity index is 2270. The van der Waals surface area contributed by atoms with E-state index in [0.717, 1.165) is 83.5 Å². The van der Waals surface area contributed by atoms with Gasteiger partial charge in [-0.15, -0.1) is 0 Å². The maximum atomic E-state index is 13.4. The summed E-state index contributed by atoms with van der Waals surface area (Å²) in [4.78, 5) is 13.4. The van der Waals surface area contributed by atoms with Crippen LogP contribution in [-0.2, 0) is 33.2 Å². The fourth-order valence-corrected chi connectivity index (χ4v) is 12.9. The molecular formula is C83H143NO18. The van der Waals surface area contributed by atoms with E-state index in [-0.39, 0.29) is 18.9 Å². The van der Waals surface area contributed by atoms with Crippen LogP contribution in [0.2, 0.25) is 0 Å². The summed E-state index contributed by atoms with van der Waals surface area (Å²) in [5, 5.41) is 121. The number of aliphatic hydroxyl groups excluding tert-OH is 11. The fraction of sp³-hybridized carbons (Fsp3) is 0.771. The summed E-state index contributed by atoms with van der Waals surface area (Å²) in [6, 6.07) is -1.02. The molecule has 0 aromatic rings. The second-order valence-corrected chi connectivity index (χ2v) is 28.1. The van der Waals surface area contributed by atoms with Crippen molar-refractivity contribution in [3.63, 3.8) is 0 Å². The van der Waals surface area contributed by atoms with Gasteiger partial charge in [0, 0.05) is 6.42 Å². The number of aliphatic hydroxyl groups is 11. The number of carbonyl (C=O) groups is 1. The lowest BCUT2D eigenvalue weighted by Gasteiger charge is -2.48. The Kier molecular flexibility index (Phi) is 56.8. The molecule has 588 valence electrons. The maximum absolute atomic E-state index is 13.4. The molecule has 3 aliphatic rings. The van der Waals surface area contributed by atoms with E-state index >= 15 is 0 Å². The van der Waals surface area contributed by atoms with Gasteiger partial charge < -0.3 is 89.9 Å². The minimum atomic E-state index is -1.99. The van der Waals surface area contributed by atoms with Crippen molar-refractivity contribution in [1.29, 1.82) is 0 Å². The van der Waals surface area contributed by atoms with Gasteiger partial charge in [-0.25, -0.2) is 0 Å². The molecule has 0 bridgehead atoms. The molecule has 19 heteroatoms.